The molecule has 6 nitrogen and oxygen atoms in total. The van der Waals surface area contributed by atoms with Crippen molar-refractivity contribution in [2.45, 2.75) is 23.9 Å². The highest BCUT2D eigenvalue weighted by atomic mass is 32.2. The van der Waals surface area contributed by atoms with Crippen molar-refractivity contribution in [3.05, 3.63) is 54.3 Å². The summed E-state index contributed by atoms with van der Waals surface area (Å²) in [4.78, 5) is 12.3. The Labute approximate surface area is 176 Å². The van der Waals surface area contributed by atoms with Gasteiger partial charge in [0.05, 0.1) is 4.90 Å². The fraction of sp³-hybridized carbons (Fsp3) is 0.350. The van der Waals surface area contributed by atoms with E-state index in [-0.39, 0.29) is 29.6 Å². The lowest BCUT2D eigenvalue weighted by Crippen LogP contribution is -2.41. The van der Waals surface area contributed by atoms with Crippen LogP contribution in [0, 0.1) is 11.7 Å². The monoisotopic (exact) mass is 460 g/mol. The maximum Gasteiger partial charge on any atom is 0.422 e. The summed E-state index contributed by atoms with van der Waals surface area (Å²) < 4.78 is 81.0. The Hall–Kier alpha value is -2.66. The average Bonchev–Trinajstić information content (AvgIpc) is 2.74. The smallest absolute Gasteiger partial charge is 0.422 e. The first-order chi connectivity index (χ1) is 14.5. The summed E-state index contributed by atoms with van der Waals surface area (Å²) in [6.07, 6.45) is -3.88. The van der Waals surface area contributed by atoms with Crippen molar-refractivity contribution in [3.63, 3.8) is 0 Å². The fourth-order valence-corrected chi connectivity index (χ4v) is 4.63. The molecule has 1 aliphatic rings. The Kier molecular flexibility index (Phi) is 6.85. The van der Waals surface area contributed by atoms with E-state index in [1.807, 2.05) is 0 Å². The van der Waals surface area contributed by atoms with Crippen LogP contribution < -0.4 is 10.1 Å². The first-order valence-electron chi connectivity index (χ1n) is 9.41. The Balaban J connectivity index is 1.56. The molecule has 1 fully saturated rings. The summed E-state index contributed by atoms with van der Waals surface area (Å²) in [5, 5.41) is 2.69. The number of carbonyl (C=O) groups is 1. The molecule has 1 aliphatic heterocycles. The third-order valence-electron chi connectivity index (χ3n) is 4.80. The molecule has 2 aromatic rings. The molecule has 1 amide bonds. The number of halogens is 4. The number of nitrogens with zero attached hydrogens (tertiary/aromatic N) is 1. The van der Waals surface area contributed by atoms with E-state index < -0.39 is 34.5 Å². The van der Waals surface area contributed by atoms with Crippen LogP contribution in [0.4, 0.5) is 23.2 Å². The summed E-state index contributed by atoms with van der Waals surface area (Å²) in [7, 11) is -3.85. The second-order valence-electron chi connectivity index (χ2n) is 7.05. The second kappa shape index (κ2) is 9.23. The van der Waals surface area contributed by atoms with Crippen LogP contribution >= 0.6 is 0 Å². The minimum Gasteiger partial charge on any atom is -0.484 e. The van der Waals surface area contributed by atoms with E-state index in [9.17, 15) is 30.8 Å². The van der Waals surface area contributed by atoms with Crippen molar-refractivity contribution >= 4 is 21.6 Å². The van der Waals surface area contributed by atoms with Crippen LogP contribution in [0.3, 0.4) is 0 Å². The van der Waals surface area contributed by atoms with Gasteiger partial charge in [-0.1, -0.05) is 0 Å². The minimum absolute atomic E-state index is 0.0685. The molecule has 11 heteroatoms. The van der Waals surface area contributed by atoms with Crippen LogP contribution in [0.25, 0.3) is 0 Å². The molecule has 0 saturated carbocycles. The van der Waals surface area contributed by atoms with Gasteiger partial charge in [-0.2, -0.15) is 17.5 Å². The maximum atomic E-state index is 13.0. The number of anilines is 1. The number of amides is 1. The molecule has 1 N–H and O–H groups in total. The molecule has 3 rings (SSSR count). The molecule has 31 heavy (non-hydrogen) atoms. The van der Waals surface area contributed by atoms with Crippen LogP contribution in [0.15, 0.2) is 53.4 Å². The highest BCUT2D eigenvalue weighted by Crippen LogP contribution is 2.26. The lowest BCUT2D eigenvalue weighted by Gasteiger charge is -2.30. The molecule has 168 valence electrons. The predicted octanol–water partition coefficient (Wildman–Crippen LogP) is 3.81. The van der Waals surface area contributed by atoms with Gasteiger partial charge in [0, 0.05) is 24.7 Å². The molecule has 0 aromatic heterocycles. The van der Waals surface area contributed by atoms with Crippen molar-refractivity contribution in [3.8, 4) is 5.75 Å². The van der Waals surface area contributed by atoms with E-state index in [0.29, 0.717) is 18.5 Å². The number of hydrogen-bond acceptors (Lipinski definition) is 4. The van der Waals surface area contributed by atoms with E-state index >= 15 is 0 Å². The number of benzene rings is 2. The van der Waals surface area contributed by atoms with Gasteiger partial charge in [-0.15, -0.1) is 0 Å². The van der Waals surface area contributed by atoms with Crippen molar-refractivity contribution < 1.29 is 35.5 Å². The Morgan fingerprint density at radius 2 is 1.61 bits per heavy atom. The zero-order chi connectivity index (χ0) is 22.6. The topological polar surface area (TPSA) is 75.7 Å². The van der Waals surface area contributed by atoms with E-state index in [2.05, 4.69) is 10.1 Å². The molecule has 0 aliphatic carbocycles. The molecule has 0 bridgehead atoms. The van der Waals surface area contributed by atoms with Gasteiger partial charge < -0.3 is 10.1 Å². The third kappa shape index (κ3) is 6.17. The fourth-order valence-electron chi connectivity index (χ4n) is 3.16. The lowest BCUT2D eigenvalue weighted by atomic mass is 9.97. The molecule has 1 saturated heterocycles. The quantitative estimate of drug-likeness (QED) is 0.666. The van der Waals surface area contributed by atoms with Crippen LogP contribution in [0.5, 0.6) is 5.75 Å². The summed E-state index contributed by atoms with van der Waals surface area (Å²) in [5.74, 6) is -1.17. The minimum atomic E-state index is -4.49. The average molecular weight is 460 g/mol. The van der Waals surface area contributed by atoms with Gasteiger partial charge in [0.15, 0.2) is 6.61 Å². The molecular formula is C20H20F4N2O4S. The van der Waals surface area contributed by atoms with Crippen LogP contribution in [-0.4, -0.2) is 44.5 Å². The lowest BCUT2D eigenvalue weighted by molar-refractivity contribution is -0.153. The first-order valence-corrected chi connectivity index (χ1v) is 10.8. The Morgan fingerprint density at radius 3 is 2.16 bits per heavy atom. The molecule has 0 atom stereocenters. The molecular weight excluding hydrogens is 440 g/mol. The molecule has 0 spiro atoms. The van der Waals surface area contributed by atoms with Gasteiger partial charge >= 0.3 is 6.18 Å². The standard InChI is InChI=1S/C20H20F4N2O4S/c21-15-1-3-16(4-2-15)25-19(27)14-9-11-26(12-10-14)31(28,29)18-7-5-17(6-8-18)30-13-20(22,23)24/h1-8,14H,9-13H2,(H,25,27). The summed E-state index contributed by atoms with van der Waals surface area (Å²) in [6, 6.07) is 10.0. The number of rotatable bonds is 6. The van der Waals surface area contributed by atoms with E-state index in [4.69, 9.17) is 0 Å². The predicted molar refractivity (Wildman–Crippen MR) is 105 cm³/mol. The largest absolute Gasteiger partial charge is 0.484 e. The van der Waals surface area contributed by atoms with Crippen LogP contribution in [-0.2, 0) is 14.8 Å². The molecule has 0 radical (unpaired) electrons. The van der Waals surface area contributed by atoms with Gasteiger partial charge in [-0.05, 0) is 61.4 Å². The summed E-state index contributed by atoms with van der Waals surface area (Å²) in [5.41, 5.74) is 0.453. The number of hydrogen-bond donors (Lipinski definition) is 1. The molecule has 0 unspecified atom stereocenters. The highest BCUT2D eigenvalue weighted by Gasteiger charge is 2.32. The van der Waals surface area contributed by atoms with Crippen molar-refractivity contribution in [1.82, 2.24) is 4.31 Å². The van der Waals surface area contributed by atoms with E-state index in [0.717, 1.165) is 0 Å². The molecule has 1 heterocycles. The first kappa shape index (κ1) is 23.0. The third-order valence-corrected chi connectivity index (χ3v) is 6.71. The van der Waals surface area contributed by atoms with Crippen molar-refractivity contribution in [1.29, 1.82) is 0 Å². The number of nitrogens with one attached hydrogen (secondary N) is 1. The number of piperidine rings is 1. The van der Waals surface area contributed by atoms with Gasteiger partial charge in [-0.3, -0.25) is 4.79 Å². The zero-order valence-corrected chi connectivity index (χ0v) is 17.0. The number of alkyl halides is 3. The number of sulfonamides is 1. The zero-order valence-electron chi connectivity index (χ0n) is 16.2. The van der Waals surface area contributed by atoms with Crippen LogP contribution in [0.1, 0.15) is 12.8 Å². The summed E-state index contributed by atoms with van der Waals surface area (Å²) in [6.45, 7) is -1.22. The van der Waals surface area contributed by atoms with Gasteiger partial charge in [-0.25, -0.2) is 12.8 Å². The second-order valence-corrected chi connectivity index (χ2v) is 8.99. The molecule has 2 aromatic carbocycles. The maximum absolute atomic E-state index is 13.0. The van der Waals surface area contributed by atoms with E-state index in [1.54, 1.807) is 0 Å². The number of ether oxygens (including phenoxy) is 1. The summed E-state index contributed by atoms with van der Waals surface area (Å²) >= 11 is 0. The SMILES string of the molecule is O=C(Nc1ccc(F)cc1)C1CCN(S(=O)(=O)c2ccc(OCC(F)(F)F)cc2)CC1. The Morgan fingerprint density at radius 1 is 1.03 bits per heavy atom. The van der Waals surface area contributed by atoms with Crippen LogP contribution in [0.2, 0.25) is 0 Å². The van der Waals surface area contributed by atoms with Crippen molar-refractivity contribution in [2.75, 3.05) is 25.0 Å². The normalized spacial score (nSPS) is 16.1. The van der Waals surface area contributed by atoms with Crippen molar-refractivity contribution in [2.24, 2.45) is 5.92 Å². The highest BCUT2D eigenvalue weighted by molar-refractivity contribution is 7.89. The van der Waals surface area contributed by atoms with Gasteiger partial charge in [0.1, 0.15) is 11.6 Å². The number of carbonyl (C=O) groups excluding carboxylic acids is 1. The Bertz CT molecular complexity index is 1000. The van der Waals surface area contributed by atoms with E-state index in [1.165, 1.54) is 52.8 Å². The van der Waals surface area contributed by atoms with Gasteiger partial charge in [0.25, 0.3) is 0 Å². The van der Waals surface area contributed by atoms with Gasteiger partial charge in [0.2, 0.25) is 15.9 Å².